The van der Waals surface area contributed by atoms with Gasteiger partial charge in [0.25, 0.3) is 0 Å². The largest absolute Gasteiger partial charge is 0.466 e. The van der Waals surface area contributed by atoms with Gasteiger partial charge < -0.3 is 14.5 Å². The number of carbonyl (C=O) groups excluding carboxylic acids is 3. The van der Waals surface area contributed by atoms with Crippen molar-refractivity contribution in [1.82, 2.24) is 4.90 Å². The van der Waals surface area contributed by atoms with Crippen LogP contribution in [0.5, 0.6) is 0 Å². The van der Waals surface area contributed by atoms with Crippen LogP contribution < -0.4 is 4.90 Å². The second kappa shape index (κ2) is 10.9. The Hall–Kier alpha value is -3.15. The van der Waals surface area contributed by atoms with Crippen LogP contribution in [0.1, 0.15) is 49.3 Å². The van der Waals surface area contributed by atoms with E-state index in [1.807, 2.05) is 29.2 Å². The Morgan fingerprint density at radius 2 is 1.76 bits per heavy atom. The molecule has 1 saturated carbocycles. The van der Waals surface area contributed by atoms with Gasteiger partial charge >= 0.3 is 5.97 Å². The molecule has 2 aromatic carbocycles. The van der Waals surface area contributed by atoms with Gasteiger partial charge in [-0.25, -0.2) is 0 Å². The summed E-state index contributed by atoms with van der Waals surface area (Å²) in [6.45, 7) is 5.79. The molecule has 6 heteroatoms. The Morgan fingerprint density at radius 3 is 2.47 bits per heavy atom. The minimum Gasteiger partial charge on any atom is -0.466 e. The summed E-state index contributed by atoms with van der Waals surface area (Å²) in [5, 5.41) is 0. The molecule has 4 rings (SSSR count). The van der Waals surface area contributed by atoms with Crippen molar-refractivity contribution in [2.75, 3.05) is 24.6 Å². The minimum atomic E-state index is -0.245. The smallest absolute Gasteiger partial charge is 0.310 e. The van der Waals surface area contributed by atoms with E-state index in [9.17, 15) is 14.4 Å². The number of ether oxygens (including phenoxy) is 1. The second-order valence-corrected chi connectivity index (χ2v) is 9.46. The molecule has 2 aromatic rings. The number of amides is 2. The third-order valence-corrected chi connectivity index (χ3v) is 6.63. The Bertz CT molecular complexity index is 1030. The van der Waals surface area contributed by atoms with E-state index in [1.54, 1.807) is 11.8 Å². The van der Waals surface area contributed by atoms with Gasteiger partial charge in [0, 0.05) is 24.7 Å². The van der Waals surface area contributed by atoms with Gasteiger partial charge in [-0.3, -0.25) is 14.4 Å². The molecule has 1 aliphatic heterocycles. The van der Waals surface area contributed by atoms with Gasteiger partial charge in [0.1, 0.15) is 0 Å². The minimum absolute atomic E-state index is 0.00440. The maximum atomic E-state index is 13.1. The van der Waals surface area contributed by atoms with Crippen LogP contribution in [-0.2, 0) is 32.1 Å². The van der Waals surface area contributed by atoms with Crippen LogP contribution in [0, 0.1) is 18.8 Å². The maximum absolute atomic E-state index is 13.1. The van der Waals surface area contributed by atoms with Gasteiger partial charge in [0.05, 0.1) is 25.5 Å². The highest BCUT2D eigenvalue weighted by molar-refractivity contribution is 5.96. The summed E-state index contributed by atoms with van der Waals surface area (Å²) in [6.07, 6.45) is 3.69. The summed E-state index contributed by atoms with van der Waals surface area (Å²) >= 11 is 0. The van der Waals surface area contributed by atoms with Crippen LogP contribution in [-0.4, -0.2) is 42.4 Å². The van der Waals surface area contributed by atoms with Crippen LogP contribution in [0.4, 0.5) is 5.69 Å². The van der Waals surface area contributed by atoms with E-state index in [-0.39, 0.29) is 36.0 Å². The van der Waals surface area contributed by atoms with Crippen LogP contribution in [0.3, 0.4) is 0 Å². The molecule has 0 N–H and O–H groups in total. The lowest BCUT2D eigenvalue weighted by Crippen LogP contribution is -2.43. The predicted octanol–water partition coefficient (Wildman–Crippen LogP) is 4.28. The molecule has 1 aliphatic carbocycles. The fourth-order valence-corrected chi connectivity index (χ4v) is 4.50. The van der Waals surface area contributed by atoms with Crippen LogP contribution in [0.2, 0.25) is 0 Å². The van der Waals surface area contributed by atoms with Gasteiger partial charge in [0.2, 0.25) is 11.8 Å². The molecular weight excluding hydrogens is 428 g/mol. The van der Waals surface area contributed by atoms with E-state index in [2.05, 4.69) is 31.2 Å². The molecule has 0 aromatic heterocycles. The number of rotatable bonds is 8. The zero-order valence-electron chi connectivity index (χ0n) is 20.2. The summed E-state index contributed by atoms with van der Waals surface area (Å²) < 4.78 is 5.16. The molecule has 0 spiro atoms. The third kappa shape index (κ3) is 6.04. The lowest BCUT2D eigenvalue weighted by Gasteiger charge is -2.31. The highest BCUT2D eigenvalue weighted by Gasteiger charge is 2.34. The number of aryl methyl sites for hydroxylation is 1. The Kier molecular flexibility index (Phi) is 7.66. The summed E-state index contributed by atoms with van der Waals surface area (Å²) in [6, 6.07) is 16.0. The summed E-state index contributed by atoms with van der Waals surface area (Å²) in [5.41, 5.74) is 3.97. The van der Waals surface area contributed by atoms with Crippen molar-refractivity contribution >= 4 is 23.5 Å². The molecule has 180 valence electrons. The zero-order chi connectivity index (χ0) is 24.1. The van der Waals surface area contributed by atoms with Crippen molar-refractivity contribution in [2.45, 2.75) is 52.5 Å². The van der Waals surface area contributed by atoms with E-state index in [1.165, 1.54) is 5.56 Å². The molecule has 1 heterocycles. The molecule has 0 radical (unpaired) electrons. The Balaban J connectivity index is 1.46. The van der Waals surface area contributed by atoms with Crippen molar-refractivity contribution in [3.05, 3.63) is 65.2 Å². The van der Waals surface area contributed by atoms with Crippen molar-refractivity contribution < 1.29 is 19.1 Å². The molecule has 2 fully saturated rings. The number of piperidine rings is 1. The zero-order valence-corrected chi connectivity index (χ0v) is 20.2. The monoisotopic (exact) mass is 462 g/mol. The van der Waals surface area contributed by atoms with Crippen molar-refractivity contribution in [1.29, 1.82) is 0 Å². The number of likely N-dealkylation sites (tertiary alicyclic amines) is 1. The molecule has 1 saturated heterocycles. The number of hydrogen-bond acceptors (Lipinski definition) is 4. The average molecular weight is 463 g/mol. The van der Waals surface area contributed by atoms with Crippen molar-refractivity contribution in [3.63, 3.8) is 0 Å². The first kappa shape index (κ1) is 24.0. The quantitative estimate of drug-likeness (QED) is 0.549. The highest BCUT2D eigenvalue weighted by atomic mass is 16.5. The summed E-state index contributed by atoms with van der Waals surface area (Å²) in [4.78, 5) is 41.9. The van der Waals surface area contributed by atoms with Gasteiger partial charge in [-0.2, -0.15) is 0 Å². The molecule has 0 bridgehead atoms. The first-order valence-electron chi connectivity index (χ1n) is 12.3. The number of anilines is 1. The Labute approximate surface area is 201 Å². The number of carbonyl (C=O) groups is 3. The first-order valence-corrected chi connectivity index (χ1v) is 12.3. The van der Waals surface area contributed by atoms with E-state index in [4.69, 9.17) is 4.74 Å². The van der Waals surface area contributed by atoms with E-state index >= 15 is 0 Å². The third-order valence-electron chi connectivity index (χ3n) is 6.63. The fourth-order valence-electron chi connectivity index (χ4n) is 4.50. The van der Waals surface area contributed by atoms with E-state index in [0.29, 0.717) is 26.2 Å². The van der Waals surface area contributed by atoms with Crippen LogP contribution in [0.25, 0.3) is 0 Å². The number of benzene rings is 2. The molecule has 2 amide bonds. The van der Waals surface area contributed by atoms with Gasteiger partial charge in [-0.15, -0.1) is 0 Å². The van der Waals surface area contributed by atoms with Crippen molar-refractivity contribution in [3.8, 4) is 0 Å². The van der Waals surface area contributed by atoms with Crippen LogP contribution in [0.15, 0.2) is 48.5 Å². The molecule has 1 atom stereocenters. The van der Waals surface area contributed by atoms with E-state index in [0.717, 1.165) is 42.5 Å². The van der Waals surface area contributed by atoms with Gasteiger partial charge in [0.15, 0.2) is 0 Å². The lowest BCUT2D eigenvalue weighted by atomic mass is 9.97. The topological polar surface area (TPSA) is 66.9 Å². The number of hydrogen-bond donors (Lipinski definition) is 0. The molecule has 1 unspecified atom stereocenters. The summed E-state index contributed by atoms with van der Waals surface area (Å²) in [7, 11) is 0. The molecule has 2 aliphatic rings. The maximum Gasteiger partial charge on any atom is 0.310 e. The van der Waals surface area contributed by atoms with Crippen molar-refractivity contribution in [2.24, 2.45) is 11.8 Å². The lowest BCUT2D eigenvalue weighted by molar-refractivity contribution is -0.151. The predicted molar refractivity (Wildman–Crippen MR) is 131 cm³/mol. The molecule has 34 heavy (non-hydrogen) atoms. The first-order chi connectivity index (χ1) is 16.4. The summed E-state index contributed by atoms with van der Waals surface area (Å²) in [5.74, 6) is -0.205. The Morgan fingerprint density at radius 1 is 1.00 bits per heavy atom. The average Bonchev–Trinajstić information content (AvgIpc) is 3.69. The van der Waals surface area contributed by atoms with Gasteiger partial charge in [-0.05, 0) is 62.8 Å². The van der Waals surface area contributed by atoms with Gasteiger partial charge in [-0.1, -0.05) is 42.0 Å². The van der Waals surface area contributed by atoms with E-state index < -0.39 is 0 Å². The van der Waals surface area contributed by atoms with Crippen LogP contribution >= 0.6 is 0 Å². The number of esters is 1. The normalized spacial score (nSPS) is 17.8. The SMILES string of the molecule is CCOC(=O)C1CCCN(C(=O)Cc2cccc(N(Cc3ccc(C)cc3)C(=O)C3CC3)c2)C1. The standard InChI is InChI=1S/C28H34N2O4/c1-3-34-28(33)24-7-5-15-29(19-24)26(31)17-22-6-4-8-25(16-22)30(27(32)23-13-14-23)18-21-11-9-20(2)10-12-21/h4,6,8-12,16,23-24H,3,5,7,13-15,17-19H2,1-2H3. The number of nitrogens with zero attached hydrogens (tertiary/aromatic N) is 2. The fraction of sp³-hybridized carbons (Fsp3) is 0.464. The molecule has 6 nitrogen and oxygen atoms in total. The second-order valence-electron chi connectivity index (χ2n) is 9.46. The molecular formula is C28H34N2O4. The highest BCUT2D eigenvalue weighted by Crippen LogP contribution is 2.34.